The molecule has 4 aromatic rings. The van der Waals surface area contributed by atoms with Gasteiger partial charge in [0.25, 0.3) is 5.56 Å². The zero-order valence-electron chi connectivity index (χ0n) is 19.3. The summed E-state index contributed by atoms with van der Waals surface area (Å²) in [5.41, 5.74) is 1.70. The average Bonchev–Trinajstić information content (AvgIpc) is 3.13. The van der Waals surface area contributed by atoms with E-state index in [-0.39, 0.29) is 24.4 Å². The quantitative estimate of drug-likeness (QED) is 0.384. The molecule has 3 aromatic heterocycles. The number of aryl methyl sites for hydroxylation is 3. The van der Waals surface area contributed by atoms with Crippen molar-refractivity contribution >= 4 is 27.5 Å². The number of benzene rings is 1. The van der Waals surface area contributed by atoms with Gasteiger partial charge in [-0.15, -0.1) is 11.3 Å². The fourth-order valence-electron chi connectivity index (χ4n) is 3.45. The third kappa shape index (κ3) is 5.43. The van der Waals surface area contributed by atoms with E-state index in [0.717, 1.165) is 26.6 Å². The lowest BCUT2D eigenvalue weighted by Gasteiger charge is -2.09. The summed E-state index contributed by atoms with van der Waals surface area (Å²) < 4.78 is 12.7. The highest BCUT2D eigenvalue weighted by Crippen LogP contribution is 2.25. The molecule has 176 valence electrons. The first-order chi connectivity index (χ1) is 16.4. The van der Waals surface area contributed by atoms with Crippen LogP contribution < -0.4 is 20.3 Å². The lowest BCUT2D eigenvalue weighted by Crippen LogP contribution is -2.27. The molecule has 0 spiro atoms. The summed E-state index contributed by atoms with van der Waals surface area (Å²) in [5.74, 6) is 1.70. The Labute approximate surface area is 201 Å². The van der Waals surface area contributed by atoms with Gasteiger partial charge >= 0.3 is 0 Å². The molecule has 0 unspecified atom stereocenters. The van der Waals surface area contributed by atoms with E-state index < -0.39 is 0 Å². The first kappa shape index (κ1) is 23.4. The fourth-order valence-corrected chi connectivity index (χ4v) is 4.44. The molecule has 1 aromatic carbocycles. The van der Waals surface area contributed by atoms with E-state index in [2.05, 4.69) is 15.3 Å². The Hall–Kier alpha value is -3.72. The number of hydrogen-bond donors (Lipinski definition) is 1. The molecule has 0 aliphatic heterocycles. The zero-order chi connectivity index (χ0) is 24.1. The van der Waals surface area contributed by atoms with Gasteiger partial charge in [0.1, 0.15) is 16.3 Å². The Kier molecular flexibility index (Phi) is 7.22. The van der Waals surface area contributed by atoms with Gasteiger partial charge in [-0.3, -0.25) is 14.2 Å². The van der Waals surface area contributed by atoms with Gasteiger partial charge in [-0.05, 0) is 62.2 Å². The van der Waals surface area contributed by atoms with Crippen molar-refractivity contribution in [2.75, 3.05) is 6.61 Å². The maximum Gasteiger partial charge on any atom is 0.262 e. The molecule has 1 amide bonds. The van der Waals surface area contributed by atoms with Gasteiger partial charge in [0.05, 0.1) is 18.3 Å². The first-order valence-corrected chi connectivity index (χ1v) is 11.8. The summed E-state index contributed by atoms with van der Waals surface area (Å²) >= 11 is 1.51. The number of pyridine rings is 1. The number of fused-ring (bicyclic) bond motifs is 1. The summed E-state index contributed by atoms with van der Waals surface area (Å²) in [6, 6.07) is 10.9. The lowest BCUT2D eigenvalue weighted by molar-refractivity contribution is -0.121. The van der Waals surface area contributed by atoms with Crippen molar-refractivity contribution in [2.45, 2.75) is 40.3 Å². The number of amides is 1. The molecule has 0 aliphatic rings. The number of carbonyl (C=O) groups excluding carboxylic acids is 1. The van der Waals surface area contributed by atoms with E-state index in [0.29, 0.717) is 30.2 Å². The van der Waals surface area contributed by atoms with Gasteiger partial charge in [-0.25, -0.2) is 9.97 Å². The van der Waals surface area contributed by atoms with E-state index in [1.807, 2.05) is 51.1 Å². The van der Waals surface area contributed by atoms with Crippen molar-refractivity contribution in [1.29, 1.82) is 0 Å². The van der Waals surface area contributed by atoms with Crippen LogP contribution in [0.5, 0.6) is 17.4 Å². The minimum absolute atomic E-state index is 0.107. The summed E-state index contributed by atoms with van der Waals surface area (Å²) in [6.45, 7) is 7.04. The molecule has 0 radical (unpaired) electrons. The number of aromatic nitrogens is 3. The van der Waals surface area contributed by atoms with Crippen molar-refractivity contribution in [1.82, 2.24) is 19.9 Å². The summed E-state index contributed by atoms with van der Waals surface area (Å²) in [5, 5.41) is 3.52. The van der Waals surface area contributed by atoms with Crippen molar-refractivity contribution in [3.8, 4) is 17.4 Å². The van der Waals surface area contributed by atoms with Gasteiger partial charge < -0.3 is 14.8 Å². The average molecular weight is 479 g/mol. The molecule has 0 aliphatic carbocycles. The Bertz CT molecular complexity index is 1360. The van der Waals surface area contributed by atoms with Crippen LogP contribution in [0.4, 0.5) is 0 Å². The predicted octanol–water partition coefficient (Wildman–Crippen LogP) is 4.37. The normalized spacial score (nSPS) is 10.9. The van der Waals surface area contributed by atoms with E-state index in [1.54, 1.807) is 12.3 Å². The zero-order valence-corrected chi connectivity index (χ0v) is 20.1. The Morgan fingerprint density at radius 1 is 1.12 bits per heavy atom. The second-order valence-corrected chi connectivity index (χ2v) is 8.95. The molecular formula is C25H26N4O4S. The number of carbonyl (C=O) groups is 1. The Morgan fingerprint density at radius 3 is 2.65 bits per heavy atom. The molecule has 4 rings (SSSR count). The molecule has 8 nitrogen and oxygen atoms in total. The predicted molar refractivity (Wildman–Crippen MR) is 132 cm³/mol. The van der Waals surface area contributed by atoms with Crippen LogP contribution in [0.2, 0.25) is 0 Å². The first-order valence-electron chi connectivity index (χ1n) is 11.0. The van der Waals surface area contributed by atoms with Crippen molar-refractivity contribution in [3.63, 3.8) is 0 Å². The fraction of sp³-hybridized carbons (Fsp3) is 0.280. The molecule has 3 heterocycles. The van der Waals surface area contributed by atoms with Crippen LogP contribution in [0, 0.1) is 13.8 Å². The van der Waals surface area contributed by atoms with Gasteiger partial charge in [-0.1, -0.05) is 0 Å². The lowest BCUT2D eigenvalue weighted by atomic mass is 10.2. The van der Waals surface area contributed by atoms with Crippen LogP contribution in [0.25, 0.3) is 10.2 Å². The molecule has 1 N–H and O–H groups in total. The largest absolute Gasteiger partial charge is 0.494 e. The van der Waals surface area contributed by atoms with Gasteiger partial charge in [-0.2, -0.15) is 0 Å². The van der Waals surface area contributed by atoms with Gasteiger partial charge in [0.2, 0.25) is 11.8 Å². The molecule has 9 heteroatoms. The van der Waals surface area contributed by atoms with E-state index in [9.17, 15) is 9.59 Å². The van der Waals surface area contributed by atoms with Gasteiger partial charge in [0.15, 0.2) is 0 Å². The molecule has 0 saturated heterocycles. The van der Waals surface area contributed by atoms with Gasteiger partial charge in [0, 0.05) is 36.7 Å². The minimum atomic E-state index is -0.156. The number of rotatable bonds is 9. The standard InChI is InChI=1S/C25H26N4O4S/c1-4-32-19-5-7-20(8-6-19)33-22-13-18(9-11-26-22)14-27-21(30)10-12-29-15-28-24-23(25(29)31)16(2)17(3)34-24/h5-9,11,13,15H,4,10,12,14H2,1-3H3,(H,27,30). The van der Waals surface area contributed by atoms with E-state index in [4.69, 9.17) is 9.47 Å². The van der Waals surface area contributed by atoms with Crippen LogP contribution in [-0.2, 0) is 17.9 Å². The van der Waals surface area contributed by atoms with Crippen LogP contribution in [0.15, 0.2) is 53.7 Å². The summed E-state index contributed by atoms with van der Waals surface area (Å²) in [4.78, 5) is 35.6. The molecule has 0 fully saturated rings. The second-order valence-electron chi connectivity index (χ2n) is 7.74. The summed E-state index contributed by atoms with van der Waals surface area (Å²) in [6.07, 6.45) is 3.33. The highest BCUT2D eigenvalue weighted by atomic mass is 32.1. The molecule has 34 heavy (non-hydrogen) atoms. The smallest absolute Gasteiger partial charge is 0.262 e. The van der Waals surface area contributed by atoms with Crippen LogP contribution >= 0.6 is 11.3 Å². The van der Waals surface area contributed by atoms with Crippen LogP contribution in [-0.4, -0.2) is 27.0 Å². The monoisotopic (exact) mass is 478 g/mol. The van der Waals surface area contributed by atoms with Crippen molar-refractivity contribution in [2.24, 2.45) is 0 Å². The third-order valence-electron chi connectivity index (χ3n) is 5.38. The number of thiophene rings is 1. The highest BCUT2D eigenvalue weighted by Gasteiger charge is 2.13. The topological polar surface area (TPSA) is 95.3 Å². The maximum absolute atomic E-state index is 12.8. The van der Waals surface area contributed by atoms with Crippen LogP contribution in [0.1, 0.15) is 29.3 Å². The van der Waals surface area contributed by atoms with Crippen molar-refractivity contribution < 1.29 is 14.3 Å². The van der Waals surface area contributed by atoms with Crippen molar-refractivity contribution in [3.05, 3.63) is 75.3 Å². The Balaban J connectivity index is 1.32. The minimum Gasteiger partial charge on any atom is -0.494 e. The highest BCUT2D eigenvalue weighted by molar-refractivity contribution is 7.18. The molecule has 0 atom stereocenters. The SMILES string of the molecule is CCOc1ccc(Oc2cc(CNC(=O)CCn3cnc4sc(C)c(C)c4c3=O)ccn2)cc1. The van der Waals surface area contributed by atoms with E-state index >= 15 is 0 Å². The Morgan fingerprint density at radius 2 is 1.88 bits per heavy atom. The van der Waals surface area contributed by atoms with Crippen LogP contribution in [0.3, 0.4) is 0 Å². The number of nitrogens with one attached hydrogen (secondary N) is 1. The molecule has 0 saturated carbocycles. The molecule has 0 bridgehead atoms. The third-order valence-corrected chi connectivity index (χ3v) is 6.50. The summed E-state index contributed by atoms with van der Waals surface area (Å²) in [7, 11) is 0. The van der Waals surface area contributed by atoms with E-state index in [1.165, 1.54) is 22.2 Å². The molecular weight excluding hydrogens is 452 g/mol. The maximum atomic E-state index is 12.8. The second kappa shape index (κ2) is 10.5. The number of hydrogen-bond acceptors (Lipinski definition) is 7. The number of nitrogens with zero attached hydrogens (tertiary/aromatic N) is 3. The number of ether oxygens (including phenoxy) is 2.